The first kappa shape index (κ1) is 17.7. The van der Waals surface area contributed by atoms with Gasteiger partial charge in [0.05, 0.1) is 12.5 Å². The molecule has 0 heterocycles. The summed E-state index contributed by atoms with van der Waals surface area (Å²) in [6, 6.07) is 0. The Morgan fingerprint density at radius 2 is 1.93 bits per heavy atom. The summed E-state index contributed by atoms with van der Waals surface area (Å²) in [5.74, 6) is -0.668. The molecule has 1 unspecified atom stereocenters. The largest absolute Gasteiger partial charge is 1.00 e. The molecule has 0 aliphatic rings. The normalized spacial score (nSPS) is 12.7. The van der Waals surface area contributed by atoms with Gasteiger partial charge in [-0.1, -0.05) is 13.8 Å². The van der Waals surface area contributed by atoms with Gasteiger partial charge in [0.25, 0.3) is 0 Å². The third kappa shape index (κ3) is 10.6. The van der Waals surface area contributed by atoms with Gasteiger partial charge in [-0.2, -0.15) is 0 Å². The van der Waals surface area contributed by atoms with Crippen molar-refractivity contribution in [2.45, 2.75) is 20.3 Å². The van der Waals surface area contributed by atoms with Crippen molar-refractivity contribution in [3.05, 3.63) is 0 Å². The van der Waals surface area contributed by atoms with Crippen molar-refractivity contribution >= 4 is 16.4 Å². The minimum Gasteiger partial charge on any atom is -0.726 e. The minimum atomic E-state index is -4.69. The van der Waals surface area contributed by atoms with Crippen LogP contribution in [0.3, 0.4) is 0 Å². The Morgan fingerprint density at radius 3 is 2.33 bits per heavy atom. The average Bonchev–Trinajstić information content (AvgIpc) is 2.09. The summed E-state index contributed by atoms with van der Waals surface area (Å²) >= 11 is 0. The molecule has 0 bridgehead atoms. The SMILES string of the molecule is CCC(C)C(=O)OCCOS(=O)(=O)[O-].[Na+]. The molecular formula is C7H13NaO6S. The first-order valence-corrected chi connectivity index (χ1v) is 5.47. The fourth-order valence-electron chi connectivity index (χ4n) is 0.587. The quantitative estimate of drug-likeness (QED) is 0.164. The standard InChI is InChI=1S/C7H14O6S.Na/c1-3-6(2)7(8)12-4-5-13-14(9,10)11;/h6H,3-5H2,1-2H3,(H,9,10,11);/q;+1/p-1. The number of ether oxygens (including phenoxy) is 1. The van der Waals surface area contributed by atoms with Crippen molar-refractivity contribution in [3.8, 4) is 0 Å². The molecule has 0 aromatic carbocycles. The fourth-order valence-corrected chi connectivity index (χ4v) is 0.859. The van der Waals surface area contributed by atoms with Crippen LogP contribution in [0.1, 0.15) is 20.3 Å². The number of carbonyl (C=O) groups is 1. The van der Waals surface area contributed by atoms with Crippen LogP contribution in [-0.2, 0) is 24.1 Å². The first-order chi connectivity index (χ1) is 6.37. The number of hydrogen-bond donors (Lipinski definition) is 0. The fraction of sp³-hybridized carbons (Fsp3) is 0.857. The van der Waals surface area contributed by atoms with Crippen molar-refractivity contribution in [3.63, 3.8) is 0 Å². The molecule has 8 heteroatoms. The van der Waals surface area contributed by atoms with Crippen molar-refractivity contribution < 1.29 is 56.2 Å². The van der Waals surface area contributed by atoms with Gasteiger partial charge < -0.3 is 9.29 Å². The van der Waals surface area contributed by atoms with E-state index < -0.39 is 23.0 Å². The van der Waals surface area contributed by atoms with Crippen LogP contribution in [-0.4, -0.2) is 32.2 Å². The summed E-state index contributed by atoms with van der Waals surface area (Å²) < 4.78 is 38.3. The van der Waals surface area contributed by atoms with Crippen molar-refractivity contribution in [2.75, 3.05) is 13.2 Å². The molecule has 0 amide bonds. The molecule has 84 valence electrons. The molecule has 1 atom stereocenters. The van der Waals surface area contributed by atoms with E-state index in [1.807, 2.05) is 6.92 Å². The van der Waals surface area contributed by atoms with Gasteiger partial charge in [-0.15, -0.1) is 0 Å². The molecule has 0 spiro atoms. The van der Waals surface area contributed by atoms with Crippen LogP contribution in [0.25, 0.3) is 0 Å². The van der Waals surface area contributed by atoms with Crippen LogP contribution in [0.4, 0.5) is 0 Å². The summed E-state index contributed by atoms with van der Waals surface area (Å²) in [6.07, 6.45) is 0.638. The smallest absolute Gasteiger partial charge is 0.726 e. The predicted octanol–water partition coefficient (Wildman–Crippen LogP) is -2.94. The zero-order valence-electron chi connectivity index (χ0n) is 9.06. The summed E-state index contributed by atoms with van der Waals surface area (Å²) in [5, 5.41) is 0. The average molecular weight is 248 g/mol. The molecule has 0 aromatic heterocycles. The Balaban J connectivity index is 0. The Kier molecular flexibility index (Phi) is 10.0. The van der Waals surface area contributed by atoms with Crippen LogP contribution in [0.2, 0.25) is 0 Å². The second-order valence-corrected chi connectivity index (χ2v) is 3.76. The second kappa shape index (κ2) is 8.49. The minimum absolute atomic E-state index is 0. The zero-order chi connectivity index (χ0) is 11.2. The molecule has 0 rings (SSSR count). The summed E-state index contributed by atoms with van der Waals surface area (Å²) in [4.78, 5) is 11.0. The Morgan fingerprint density at radius 1 is 1.40 bits per heavy atom. The number of carbonyl (C=O) groups excluding carboxylic acids is 1. The topological polar surface area (TPSA) is 92.7 Å². The molecule has 0 saturated carbocycles. The monoisotopic (exact) mass is 248 g/mol. The van der Waals surface area contributed by atoms with Gasteiger partial charge >= 0.3 is 35.5 Å². The number of esters is 1. The molecule has 6 nitrogen and oxygen atoms in total. The van der Waals surface area contributed by atoms with Crippen LogP contribution >= 0.6 is 0 Å². The molecule has 0 aromatic rings. The van der Waals surface area contributed by atoms with Gasteiger partial charge in [0, 0.05) is 0 Å². The maximum absolute atomic E-state index is 11.0. The summed E-state index contributed by atoms with van der Waals surface area (Å²) in [5.41, 5.74) is 0. The third-order valence-corrected chi connectivity index (χ3v) is 2.03. The van der Waals surface area contributed by atoms with Crippen LogP contribution < -0.4 is 29.6 Å². The van der Waals surface area contributed by atoms with E-state index in [0.29, 0.717) is 6.42 Å². The third-order valence-electron chi connectivity index (χ3n) is 1.57. The van der Waals surface area contributed by atoms with Crippen LogP contribution in [0.5, 0.6) is 0 Å². The molecule has 0 saturated heterocycles. The maximum atomic E-state index is 11.0. The Hall–Kier alpha value is 0.340. The molecule has 0 N–H and O–H groups in total. The number of rotatable bonds is 6. The Labute approximate surface area is 112 Å². The Bertz CT molecular complexity index is 275. The van der Waals surface area contributed by atoms with Gasteiger partial charge in [0.1, 0.15) is 6.61 Å². The van der Waals surface area contributed by atoms with E-state index in [2.05, 4.69) is 8.92 Å². The van der Waals surface area contributed by atoms with Crippen LogP contribution in [0.15, 0.2) is 0 Å². The van der Waals surface area contributed by atoms with Gasteiger partial charge in [0.15, 0.2) is 0 Å². The molecule has 15 heavy (non-hydrogen) atoms. The van der Waals surface area contributed by atoms with Crippen molar-refractivity contribution in [1.82, 2.24) is 0 Å². The first-order valence-electron chi connectivity index (χ1n) is 4.13. The molecule has 0 aliphatic heterocycles. The van der Waals surface area contributed by atoms with E-state index in [4.69, 9.17) is 0 Å². The predicted molar refractivity (Wildman–Crippen MR) is 46.1 cm³/mol. The summed E-state index contributed by atoms with van der Waals surface area (Å²) in [7, 11) is -4.69. The van der Waals surface area contributed by atoms with Crippen molar-refractivity contribution in [1.29, 1.82) is 0 Å². The van der Waals surface area contributed by atoms with Crippen molar-refractivity contribution in [2.24, 2.45) is 5.92 Å². The second-order valence-electron chi connectivity index (χ2n) is 2.71. The van der Waals surface area contributed by atoms with E-state index >= 15 is 0 Å². The van der Waals surface area contributed by atoms with Gasteiger partial charge in [-0.05, 0) is 6.42 Å². The van der Waals surface area contributed by atoms with Gasteiger partial charge in [0.2, 0.25) is 10.4 Å². The van der Waals surface area contributed by atoms with E-state index in [1.54, 1.807) is 6.92 Å². The van der Waals surface area contributed by atoms with Gasteiger partial charge in [-0.25, -0.2) is 8.42 Å². The van der Waals surface area contributed by atoms with Crippen LogP contribution in [0, 0.1) is 5.92 Å². The maximum Gasteiger partial charge on any atom is 1.00 e. The summed E-state index contributed by atoms with van der Waals surface area (Å²) in [6.45, 7) is 2.84. The molecule has 0 aliphatic carbocycles. The van der Waals surface area contributed by atoms with E-state index in [1.165, 1.54) is 0 Å². The van der Waals surface area contributed by atoms with E-state index in [9.17, 15) is 17.8 Å². The van der Waals surface area contributed by atoms with E-state index in [0.717, 1.165) is 0 Å². The molecule has 0 radical (unpaired) electrons. The zero-order valence-corrected chi connectivity index (χ0v) is 11.9. The van der Waals surface area contributed by atoms with E-state index in [-0.39, 0.29) is 42.1 Å². The molecule has 0 fully saturated rings. The van der Waals surface area contributed by atoms with Gasteiger partial charge in [-0.3, -0.25) is 8.98 Å². The molecular weight excluding hydrogens is 235 g/mol. The number of hydrogen-bond acceptors (Lipinski definition) is 6.